The first kappa shape index (κ1) is 34.8. The number of nitrogens with one attached hydrogen (secondary N) is 3. The minimum absolute atomic E-state index is 0.00234. The van der Waals surface area contributed by atoms with Crippen molar-refractivity contribution < 1.29 is 23.9 Å². The largest absolute Gasteiger partial charge is 0.444 e. The first-order valence-electron chi connectivity index (χ1n) is 16.8. The van der Waals surface area contributed by atoms with E-state index in [2.05, 4.69) is 25.8 Å². The van der Waals surface area contributed by atoms with Crippen molar-refractivity contribution in [2.45, 2.75) is 90.4 Å². The van der Waals surface area contributed by atoms with Crippen LogP contribution >= 0.6 is 0 Å². The zero-order chi connectivity index (χ0) is 34.4. The van der Waals surface area contributed by atoms with Crippen molar-refractivity contribution in [2.75, 3.05) is 30.5 Å². The highest BCUT2D eigenvalue weighted by Gasteiger charge is 2.46. The van der Waals surface area contributed by atoms with Gasteiger partial charge in [-0.05, 0) is 95.2 Å². The van der Waals surface area contributed by atoms with Crippen molar-refractivity contribution in [2.24, 2.45) is 5.92 Å². The average Bonchev–Trinajstić information content (AvgIpc) is 3.44. The molecule has 256 valence electrons. The summed E-state index contributed by atoms with van der Waals surface area (Å²) >= 11 is 0. The number of nitrogens with zero attached hydrogens (tertiary/aromatic N) is 3. The van der Waals surface area contributed by atoms with Gasteiger partial charge in [-0.15, -0.1) is 0 Å². The number of rotatable bonds is 10. The van der Waals surface area contributed by atoms with Gasteiger partial charge in [0.25, 0.3) is 5.91 Å². The number of aryl methyl sites for hydroxylation is 1. The lowest BCUT2D eigenvalue weighted by atomic mass is 9.84. The van der Waals surface area contributed by atoms with E-state index in [1.54, 1.807) is 19.2 Å². The summed E-state index contributed by atoms with van der Waals surface area (Å²) in [6, 6.07) is 16.3. The highest BCUT2D eigenvalue weighted by molar-refractivity contribution is 5.95. The SMILES string of the molecule is COCCNC(=O)[C@@H]1C[C@@H]2CCCC[C@@H]2N1c1cc(C(C)NC(=O)c2ccc(-c3ccc(NC(=O)OC(C)(C)C)cc3)cc2)nc(C)n1. The predicted molar refractivity (Wildman–Crippen MR) is 186 cm³/mol. The number of benzene rings is 2. The Morgan fingerprint density at radius 3 is 2.31 bits per heavy atom. The summed E-state index contributed by atoms with van der Waals surface area (Å²) in [7, 11) is 1.62. The molecule has 11 heteroatoms. The van der Waals surface area contributed by atoms with E-state index < -0.39 is 11.7 Å². The van der Waals surface area contributed by atoms with Crippen molar-refractivity contribution in [3.8, 4) is 11.1 Å². The Labute approximate surface area is 283 Å². The summed E-state index contributed by atoms with van der Waals surface area (Å²) in [5, 5.41) is 8.86. The van der Waals surface area contributed by atoms with Gasteiger partial charge in [0.1, 0.15) is 23.3 Å². The molecule has 2 aromatic carbocycles. The van der Waals surface area contributed by atoms with Crippen LogP contribution in [0.2, 0.25) is 0 Å². The topological polar surface area (TPSA) is 135 Å². The van der Waals surface area contributed by atoms with E-state index in [-0.39, 0.29) is 29.9 Å². The number of methoxy groups -OCH3 is 1. The van der Waals surface area contributed by atoms with E-state index in [1.807, 2.05) is 77.1 Å². The monoisotopic (exact) mass is 656 g/mol. The lowest BCUT2D eigenvalue weighted by molar-refractivity contribution is -0.122. The fourth-order valence-electron chi connectivity index (χ4n) is 6.68. The van der Waals surface area contributed by atoms with Crippen LogP contribution in [0.3, 0.4) is 0 Å². The van der Waals surface area contributed by atoms with E-state index in [4.69, 9.17) is 14.5 Å². The minimum atomic E-state index is -0.577. The molecule has 1 unspecified atom stereocenters. The molecule has 0 bridgehead atoms. The van der Waals surface area contributed by atoms with Gasteiger partial charge < -0.3 is 25.0 Å². The van der Waals surface area contributed by atoms with Gasteiger partial charge in [-0.2, -0.15) is 0 Å². The Hall–Kier alpha value is -4.51. The molecule has 11 nitrogen and oxygen atoms in total. The maximum atomic E-state index is 13.3. The van der Waals surface area contributed by atoms with Gasteiger partial charge in [-0.1, -0.05) is 37.1 Å². The van der Waals surface area contributed by atoms with E-state index in [0.29, 0.717) is 41.8 Å². The molecule has 0 spiro atoms. The van der Waals surface area contributed by atoms with Crippen LogP contribution in [0.25, 0.3) is 11.1 Å². The molecule has 3 aromatic rings. The van der Waals surface area contributed by atoms with E-state index in [1.165, 1.54) is 6.42 Å². The standard InChI is InChI=1S/C37H48N6O5/c1-23(39-34(44)27-13-11-25(12-14-27)26-15-17-29(18-16-26)42-36(46)48-37(3,4)5)30-22-33(41-24(2)40-30)43-31-10-8-7-9-28(31)21-32(43)35(45)38-19-20-47-6/h11-18,22-23,28,31-32H,7-10,19-21H2,1-6H3,(H,38,45)(H,39,44)(H,42,46)/t23?,28-,31-,32-/m0/s1. The van der Waals surface area contributed by atoms with Crippen LogP contribution in [0.15, 0.2) is 54.6 Å². The van der Waals surface area contributed by atoms with Crippen LogP contribution in [-0.4, -0.2) is 65.8 Å². The Balaban J connectivity index is 1.26. The summed E-state index contributed by atoms with van der Waals surface area (Å²) in [4.78, 5) is 50.4. The molecule has 3 N–H and O–H groups in total. The first-order valence-corrected chi connectivity index (χ1v) is 16.8. The molecule has 1 saturated heterocycles. The number of carbonyl (C=O) groups excluding carboxylic acids is 3. The molecule has 3 amide bonds. The third kappa shape index (κ3) is 8.69. The van der Waals surface area contributed by atoms with Crippen LogP contribution in [0.5, 0.6) is 0 Å². The third-order valence-corrected chi connectivity index (χ3v) is 8.91. The van der Waals surface area contributed by atoms with E-state index in [0.717, 1.165) is 42.6 Å². The molecule has 0 radical (unpaired) electrons. The molecule has 1 saturated carbocycles. The van der Waals surface area contributed by atoms with Gasteiger partial charge >= 0.3 is 6.09 Å². The highest BCUT2D eigenvalue weighted by atomic mass is 16.6. The summed E-state index contributed by atoms with van der Waals surface area (Å²) < 4.78 is 10.4. The quantitative estimate of drug-likeness (QED) is 0.220. The van der Waals surface area contributed by atoms with Gasteiger partial charge in [0.15, 0.2) is 0 Å². The van der Waals surface area contributed by atoms with Crippen LogP contribution in [0.1, 0.15) is 87.7 Å². The van der Waals surface area contributed by atoms with Gasteiger partial charge in [-0.25, -0.2) is 14.8 Å². The number of aromatic nitrogens is 2. The fourth-order valence-corrected chi connectivity index (χ4v) is 6.68. The number of carbonyl (C=O) groups is 3. The fraction of sp³-hybridized carbons (Fsp3) is 0.486. The number of hydrogen-bond acceptors (Lipinski definition) is 8. The van der Waals surface area contributed by atoms with Crippen LogP contribution < -0.4 is 20.9 Å². The van der Waals surface area contributed by atoms with Crippen LogP contribution in [0.4, 0.5) is 16.3 Å². The first-order chi connectivity index (χ1) is 22.9. The number of hydrogen-bond donors (Lipinski definition) is 3. The molecular formula is C37H48N6O5. The van der Waals surface area contributed by atoms with Crippen LogP contribution in [-0.2, 0) is 14.3 Å². The Morgan fingerprint density at radius 1 is 0.979 bits per heavy atom. The second-order valence-electron chi connectivity index (χ2n) is 13.7. The van der Waals surface area contributed by atoms with Crippen molar-refractivity contribution in [1.29, 1.82) is 0 Å². The molecule has 1 aromatic heterocycles. The number of ether oxygens (including phenoxy) is 2. The number of fused-ring (bicyclic) bond motifs is 1. The molecular weight excluding hydrogens is 608 g/mol. The highest BCUT2D eigenvalue weighted by Crippen LogP contribution is 2.42. The van der Waals surface area contributed by atoms with Gasteiger partial charge in [0.05, 0.1) is 18.3 Å². The van der Waals surface area contributed by atoms with Gasteiger partial charge in [-0.3, -0.25) is 14.9 Å². The summed E-state index contributed by atoms with van der Waals surface area (Å²) in [5.74, 6) is 1.56. The molecule has 1 aliphatic carbocycles. The van der Waals surface area contributed by atoms with Crippen molar-refractivity contribution in [3.05, 3.63) is 71.7 Å². The maximum absolute atomic E-state index is 13.3. The van der Waals surface area contributed by atoms with Crippen molar-refractivity contribution in [3.63, 3.8) is 0 Å². The van der Waals surface area contributed by atoms with E-state index >= 15 is 0 Å². The lowest BCUT2D eigenvalue weighted by Crippen LogP contribution is -2.48. The van der Waals surface area contributed by atoms with Gasteiger partial charge in [0.2, 0.25) is 5.91 Å². The average molecular weight is 657 g/mol. The minimum Gasteiger partial charge on any atom is -0.444 e. The summed E-state index contributed by atoms with van der Waals surface area (Å²) in [6.45, 7) is 10.1. The zero-order valence-corrected chi connectivity index (χ0v) is 28.8. The Bertz CT molecular complexity index is 1590. The van der Waals surface area contributed by atoms with E-state index in [9.17, 15) is 14.4 Å². The summed E-state index contributed by atoms with van der Waals surface area (Å²) in [6.07, 6.45) is 4.76. The maximum Gasteiger partial charge on any atom is 0.412 e. The molecule has 2 aliphatic rings. The second-order valence-corrected chi connectivity index (χ2v) is 13.7. The third-order valence-electron chi connectivity index (χ3n) is 8.91. The number of amides is 3. The second kappa shape index (κ2) is 15.1. The smallest absolute Gasteiger partial charge is 0.412 e. The van der Waals surface area contributed by atoms with Crippen molar-refractivity contribution >= 4 is 29.4 Å². The Morgan fingerprint density at radius 2 is 1.65 bits per heavy atom. The molecule has 2 heterocycles. The zero-order valence-electron chi connectivity index (χ0n) is 28.8. The molecule has 2 fully saturated rings. The van der Waals surface area contributed by atoms with Crippen LogP contribution in [0, 0.1) is 12.8 Å². The van der Waals surface area contributed by atoms with Crippen molar-refractivity contribution in [1.82, 2.24) is 20.6 Å². The predicted octanol–water partition coefficient (Wildman–Crippen LogP) is 6.19. The van der Waals surface area contributed by atoms with Gasteiger partial charge in [0, 0.05) is 37.0 Å². The molecule has 1 aliphatic heterocycles. The molecule has 48 heavy (non-hydrogen) atoms. The molecule has 5 rings (SSSR count). The lowest BCUT2D eigenvalue weighted by Gasteiger charge is -2.35. The molecule has 4 atom stereocenters. The summed E-state index contributed by atoms with van der Waals surface area (Å²) in [5.41, 5.74) is 3.16. The normalized spacial score (nSPS) is 19.6. The Kier molecular flexibility index (Phi) is 11.0. The number of anilines is 2.